The molecule has 1 fully saturated rings. The first-order valence-corrected chi connectivity index (χ1v) is 7.25. The van der Waals surface area contributed by atoms with E-state index in [0.717, 1.165) is 18.6 Å². The Morgan fingerprint density at radius 3 is 2.40 bits per heavy atom. The predicted molar refractivity (Wildman–Crippen MR) is 76.3 cm³/mol. The van der Waals surface area contributed by atoms with E-state index < -0.39 is 5.97 Å². The van der Waals surface area contributed by atoms with Crippen LogP contribution in [-0.2, 0) is 9.53 Å². The van der Waals surface area contributed by atoms with Crippen LogP contribution in [0.15, 0.2) is 24.3 Å². The molecule has 0 amide bonds. The van der Waals surface area contributed by atoms with Crippen LogP contribution in [0.25, 0.3) is 0 Å². The van der Waals surface area contributed by atoms with Crippen LogP contribution in [-0.4, -0.2) is 30.4 Å². The summed E-state index contributed by atoms with van der Waals surface area (Å²) in [5, 5.41) is 9.60. The summed E-state index contributed by atoms with van der Waals surface area (Å²) in [4.78, 5) is 10.8. The number of hydrogen-bond acceptors (Lipinski definition) is 3. The largest absolute Gasteiger partial charge is 0.491 e. The Balaban J connectivity index is 1.60. The fourth-order valence-electron chi connectivity index (χ4n) is 2.38. The zero-order valence-corrected chi connectivity index (χ0v) is 12.0. The van der Waals surface area contributed by atoms with Gasteiger partial charge in [-0.25, -0.2) is 0 Å². The van der Waals surface area contributed by atoms with Crippen molar-refractivity contribution < 1.29 is 19.4 Å². The van der Waals surface area contributed by atoms with Gasteiger partial charge in [-0.3, -0.25) is 4.79 Å². The van der Waals surface area contributed by atoms with Crippen molar-refractivity contribution in [3.63, 3.8) is 0 Å². The molecule has 0 spiro atoms. The molecular weight excluding hydrogens is 280 g/mol. The van der Waals surface area contributed by atoms with E-state index in [2.05, 4.69) is 0 Å². The molecule has 0 atom stereocenters. The van der Waals surface area contributed by atoms with Gasteiger partial charge in [-0.05, 0) is 49.9 Å². The third-order valence-electron chi connectivity index (χ3n) is 3.54. The van der Waals surface area contributed by atoms with E-state index in [9.17, 15) is 4.79 Å². The summed E-state index contributed by atoms with van der Waals surface area (Å²) in [6.07, 6.45) is 3.21. The van der Waals surface area contributed by atoms with Gasteiger partial charge in [0.25, 0.3) is 0 Å². The molecular formula is C15H19ClO4. The maximum Gasteiger partial charge on any atom is 0.306 e. The summed E-state index contributed by atoms with van der Waals surface area (Å²) >= 11 is 5.79. The zero-order chi connectivity index (χ0) is 14.4. The lowest BCUT2D eigenvalue weighted by atomic mass is 9.87. The Morgan fingerprint density at radius 1 is 1.15 bits per heavy atom. The fraction of sp³-hybridized carbons (Fsp3) is 0.533. The van der Waals surface area contributed by atoms with Crippen LogP contribution in [0, 0.1) is 5.92 Å². The topological polar surface area (TPSA) is 55.8 Å². The monoisotopic (exact) mass is 298 g/mol. The van der Waals surface area contributed by atoms with Crippen LogP contribution in [0.5, 0.6) is 5.75 Å². The minimum Gasteiger partial charge on any atom is -0.491 e. The number of carbonyl (C=O) groups is 1. The lowest BCUT2D eigenvalue weighted by Crippen LogP contribution is -2.27. The van der Waals surface area contributed by atoms with Crippen LogP contribution >= 0.6 is 11.6 Å². The summed E-state index contributed by atoms with van der Waals surface area (Å²) in [6.45, 7) is 1.01. The van der Waals surface area contributed by atoms with Gasteiger partial charge in [0.2, 0.25) is 0 Å². The predicted octanol–water partition coefficient (Wildman–Crippen LogP) is 3.38. The molecule has 1 aromatic rings. The molecule has 5 heteroatoms. The molecule has 1 saturated carbocycles. The third kappa shape index (κ3) is 4.69. The van der Waals surface area contributed by atoms with Crippen molar-refractivity contribution in [1.82, 2.24) is 0 Å². The number of ether oxygens (including phenoxy) is 2. The third-order valence-corrected chi connectivity index (χ3v) is 3.79. The van der Waals surface area contributed by atoms with Gasteiger partial charge in [-0.2, -0.15) is 0 Å². The Kier molecular flexibility index (Phi) is 5.68. The van der Waals surface area contributed by atoms with E-state index in [1.165, 1.54) is 0 Å². The maximum atomic E-state index is 10.8. The van der Waals surface area contributed by atoms with Gasteiger partial charge in [0, 0.05) is 5.02 Å². The fourth-order valence-corrected chi connectivity index (χ4v) is 2.51. The molecule has 1 aliphatic rings. The van der Waals surface area contributed by atoms with Crippen LogP contribution in [0.4, 0.5) is 0 Å². The minimum atomic E-state index is -0.686. The van der Waals surface area contributed by atoms with E-state index in [0.29, 0.717) is 31.1 Å². The molecule has 0 bridgehead atoms. The van der Waals surface area contributed by atoms with E-state index in [4.69, 9.17) is 26.2 Å². The van der Waals surface area contributed by atoms with Crippen molar-refractivity contribution in [3.8, 4) is 5.75 Å². The number of hydrogen-bond donors (Lipinski definition) is 1. The highest BCUT2D eigenvalue weighted by molar-refractivity contribution is 6.30. The summed E-state index contributed by atoms with van der Waals surface area (Å²) in [6, 6.07) is 7.21. The van der Waals surface area contributed by atoms with Crippen molar-refractivity contribution >= 4 is 17.6 Å². The van der Waals surface area contributed by atoms with Crippen LogP contribution in [0.3, 0.4) is 0 Å². The van der Waals surface area contributed by atoms with Gasteiger partial charge in [0.1, 0.15) is 12.4 Å². The van der Waals surface area contributed by atoms with Gasteiger partial charge in [-0.1, -0.05) is 11.6 Å². The first-order chi connectivity index (χ1) is 9.65. The molecule has 1 aliphatic carbocycles. The highest BCUT2D eigenvalue weighted by atomic mass is 35.5. The molecule has 110 valence electrons. The highest BCUT2D eigenvalue weighted by Gasteiger charge is 2.26. The second-order valence-electron chi connectivity index (χ2n) is 4.99. The number of halogens is 1. The molecule has 4 nitrogen and oxygen atoms in total. The molecule has 1 aromatic carbocycles. The molecule has 1 N–H and O–H groups in total. The maximum absolute atomic E-state index is 10.8. The summed E-state index contributed by atoms with van der Waals surface area (Å²) in [5.41, 5.74) is 0. The molecule has 0 unspecified atom stereocenters. The number of carboxylic acids is 1. The first-order valence-electron chi connectivity index (χ1n) is 6.88. The molecule has 0 aromatic heterocycles. The van der Waals surface area contributed by atoms with Crippen LogP contribution in [0.2, 0.25) is 5.02 Å². The normalized spacial score (nSPS) is 22.4. The van der Waals surface area contributed by atoms with Gasteiger partial charge < -0.3 is 14.6 Å². The Bertz CT molecular complexity index is 424. The lowest BCUT2D eigenvalue weighted by Gasteiger charge is -2.26. The highest BCUT2D eigenvalue weighted by Crippen LogP contribution is 2.26. The SMILES string of the molecule is O=C(O)C1CCC(OCCOc2ccc(Cl)cc2)CC1. The van der Waals surface area contributed by atoms with Crippen molar-refractivity contribution in [2.45, 2.75) is 31.8 Å². The Morgan fingerprint density at radius 2 is 1.80 bits per heavy atom. The standard InChI is InChI=1S/C15H19ClO4/c16-12-3-7-14(8-4-12)20-10-9-19-13-5-1-11(2-6-13)15(17)18/h3-4,7-8,11,13H,1-2,5-6,9-10H2,(H,17,18). The number of aliphatic carboxylic acids is 1. The molecule has 0 saturated heterocycles. The van der Waals surface area contributed by atoms with Gasteiger partial charge in [0.05, 0.1) is 18.6 Å². The summed E-state index contributed by atoms with van der Waals surface area (Å²) in [7, 11) is 0. The zero-order valence-electron chi connectivity index (χ0n) is 11.3. The number of benzene rings is 1. The Labute approximate surface area is 123 Å². The average molecular weight is 299 g/mol. The number of carboxylic acid groups (broad SMARTS) is 1. The van der Waals surface area contributed by atoms with Crippen molar-refractivity contribution in [2.75, 3.05) is 13.2 Å². The first kappa shape index (κ1) is 15.1. The van der Waals surface area contributed by atoms with Gasteiger partial charge >= 0.3 is 5.97 Å². The van der Waals surface area contributed by atoms with Crippen molar-refractivity contribution in [3.05, 3.63) is 29.3 Å². The minimum absolute atomic E-state index is 0.166. The average Bonchev–Trinajstić information content (AvgIpc) is 2.46. The van der Waals surface area contributed by atoms with E-state index in [-0.39, 0.29) is 12.0 Å². The lowest BCUT2D eigenvalue weighted by molar-refractivity contribution is -0.143. The van der Waals surface area contributed by atoms with Crippen molar-refractivity contribution in [2.24, 2.45) is 5.92 Å². The molecule has 0 aliphatic heterocycles. The van der Waals surface area contributed by atoms with Crippen LogP contribution in [0.1, 0.15) is 25.7 Å². The molecule has 2 rings (SSSR count). The van der Waals surface area contributed by atoms with Crippen molar-refractivity contribution in [1.29, 1.82) is 0 Å². The van der Waals surface area contributed by atoms with Crippen LogP contribution < -0.4 is 4.74 Å². The molecule has 0 heterocycles. The Hall–Kier alpha value is -1.26. The molecule has 0 radical (unpaired) electrons. The molecule has 20 heavy (non-hydrogen) atoms. The van der Waals surface area contributed by atoms with Gasteiger partial charge in [0.15, 0.2) is 0 Å². The van der Waals surface area contributed by atoms with E-state index >= 15 is 0 Å². The second kappa shape index (κ2) is 7.50. The summed E-state index contributed by atoms with van der Waals surface area (Å²) < 4.78 is 11.2. The summed E-state index contributed by atoms with van der Waals surface area (Å²) in [5.74, 6) is -0.109. The van der Waals surface area contributed by atoms with E-state index in [1.807, 2.05) is 12.1 Å². The second-order valence-corrected chi connectivity index (χ2v) is 5.42. The van der Waals surface area contributed by atoms with E-state index in [1.54, 1.807) is 12.1 Å². The smallest absolute Gasteiger partial charge is 0.306 e. The number of rotatable bonds is 6. The van der Waals surface area contributed by atoms with Gasteiger partial charge in [-0.15, -0.1) is 0 Å². The quantitative estimate of drug-likeness (QED) is 0.818.